The second-order valence-corrected chi connectivity index (χ2v) is 6.06. The van der Waals surface area contributed by atoms with E-state index < -0.39 is 0 Å². The summed E-state index contributed by atoms with van der Waals surface area (Å²) in [6.45, 7) is 6.30. The first-order chi connectivity index (χ1) is 10.2. The van der Waals surface area contributed by atoms with Gasteiger partial charge in [0.05, 0.1) is 12.3 Å². The lowest BCUT2D eigenvalue weighted by molar-refractivity contribution is 0.215. The van der Waals surface area contributed by atoms with Crippen molar-refractivity contribution >= 4 is 11.4 Å². The molecule has 1 heterocycles. The van der Waals surface area contributed by atoms with E-state index in [4.69, 9.17) is 10.5 Å². The fourth-order valence-corrected chi connectivity index (χ4v) is 2.75. The highest BCUT2D eigenvalue weighted by Crippen LogP contribution is 2.26. The fourth-order valence-electron chi connectivity index (χ4n) is 2.75. The molecule has 2 rings (SSSR count). The van der Waals surface area contributed by atoms with Crippen LogP contribution in [-0.4, -0.2) is 38.2 Å². The van der Waals surface area contributed by atoms with Crippen LogP contribution >= 0.6 is 0 Å². The van der Waals surface area contributed by atoms with Crippen LogP contribution in [0.4, 0.5) is 11.4 Å². The summed E-state index contributed by atoms with van der Waals surface area (Å²) in [7, 11) is 2.21. The Balaban J connectivity index is 1.77. The summed E-state index contributed by atoms with van der Waals surface area (Å²) in [5.74, 6) is 1.65. The van der Waals surface area contributed by atoms with Crippen LogP contribution in [0.2, 0.25) is 0 Å². The standard InChI is InChI=1S/C17H29N3O/c1-3-12-21-17-13-15(4-5-16(17)18)19-9-6-14-7-10-20(2)11-8-14/h4-5,13-14,19H,3,6-12,18H2,1-2H3. The van der Waals surface area contributed by atoms with Crippen molar-refractivity contribution in [1.29, 1.82) is 0 Å². The molecule has 0 aromatic heterocycles. The van der Waals surface area contributed by atoms with E-state index in [2.05, 4.69) is 24.2 Å². The van der Waals surface area contributed by atoms with Crippen LogP contribution in [-0.2, 0) is 0 Å². The Morgan fingerprint density at radius 3 is 2.81 bits per heavy atom. The third kappa shape index (κ3) is 5.12. The van der Waals surface area contributed by atoms with E-state index in [0.717, 1.165) is 30.3 Å². The van der Waals surface area contributed by atoms with E-state index in [1.807, 2.05) is 18.2 Å². The molecule has 4 heteroatoms. The largest absolute Gasteiger partial charge is 0.491 e. The van der Waals surface area contributed by atoms with Crippen molar-refractivity contribution in [1.82, 2.24) is 4.90 Å². The van der Waals surface area contributed by atoms with Gasteiger partial charge in [0.25, 0.3) is 0 Å². The quantitative estimate of drug-likeness (QED) is 0.758. The van der Waals surface area contributed by atoms with Crippen LogP contribution in [0.5, 0.6) is 5.75 Å². The number of nitrogens with one attached hydrogen (secondary N) is 1. The number of nitrogens with zero attached hydrogens (tertiary/aromatic N) is 1. The number of nitrogens with two attached hydrogens (primary N) is 1. The Bertz CT molecular complexity index is 428. The Labute approximate surface area is 128 Å². The lowest BCUT2D eigenvalue weighted by atomic mass is 9.94. The number of likely N-dealkylation sites (tertiary alicyclic amines) is 1. The summed E-state index contributed by atoms with van der Waals surface area (Å²) < 4.78 is 5.66. The summed E-state index contributed by atoms with van der Waals surface area (Å²) in [5, 5.41) is 3.50. The van der Waals surface area contributed by atoms with Gasteiger partial charge in [-0.15, -0.1) is 0 Å². The van der Waals surface area contributed by atoms with Gasteiger partial charge in [0, 0.05) is 18.3 Å². The molecule has 0 amide bonds. The average Bonchev–Trinajstić information content (AvgIpc) is 2.49. The predicted octanol–water partition coefficient (Wildman–Crippen LogP) is 3.20. The summed E-state index contributed by atoms with van der Waals surface area (Å²) in [5.41, 5.74) is 7.74. The van der Waals surface area contributed by atoms with Gasteiger partial charge < -0.3 is 20.7 Å². The second-order valence-electron chi connectivity index (χ2n) is 6.06. The van der Waals surface area contributed by atoms with Gasteiger partial charge in [0.1, 0.15) is 5.75 Å². The van der Waals surface area contributed by atoms with E-state index in [0.29, 0.717) is 12.3 Å². The normalized spacial score (nSPS) is 16.9. The van der Waals surface area contributed by atoms with Gasteiger partial charge in [0.2, 0.25) is 0 Å². The van der Waals surface area contributed by atoms with Gasteiger partial charge in [0.15, 0.2) is 0 Å². The predicted molar refractivity (Wildman–Crippen MR) is 90.0 cm³/mol. The maximum absolute atomic E-state index is 5.93. The Hall–Kier alpha value is -1.42. The fraction of sp³-hybridized carbons (Fsp3) is 0.647. The van der Waals surface area contributed by atoms with E-state index >= 15 is 0 Å². The zero-order valence-corrected chi connectivity index (χ0v) is 13.4. The zero-order chi connectivity index (χ0) is 15.1. The van der Waals surface area contributed by atoms with Gasteiger partial charge in [-0.2, -0.15) is 0 Å². The molecule has 1 fully saturated rings. The molecule has 0 spiro atoms. The molecule has 0 saturated carbocycles. The number of piperidine rings is 1. The molecular weight excluding hydrogens is 262 g/mol. The van der Waals surface area contributed by atoms with Crippen molar-refractivity contribution in [2.45, 2.75) is 32.6 Å². The van der Waals surface area contributed by atoms with E-state index in [9.17, 15) is 0 Å². The number of nitrogen functional groups attached to an aromatic ring is 1. The van der Waals surface area contributed by atoms with Crippen molar-refractivity contribution in [2.75, 3.05) is 44.3 Å². The van der Waals surface area contributed by atoms with Crippen molar-refractivity contribution < 1.29 is 4.74 Å². The molecule has 1 aliphatic heterocycles. The molecule has 3 N–H and O–H groups in total. The van der Waals surface area contributed by atoms with Crippen LogP contribution in [0.25, 0.3) is 0 Å². The summed E-state index contributed by atoms with van der Waals surface area (Å²) in [6, 6.07) is 5.96. The minimum atomic E-state index is 0.712. The number of hydrogen-bond acceptors (Lipinski definition) is 4. The summed E-state index contributed by atoms with van der Waals surface area (Å²) in [6.07, 6.45) is 4.88. The highest BCUT2D eigenvalue weighted by atomic mass is 16.5. The van der Waals surface area contributed by atoms with Gasteiger partial charge in [-0.1, -0.05) is 6.92 Å². The van der Waals surface area contributed by atoms with E-state index in [-0.39, 0.29) is 0 Å². The average molecular weight is 291 g/mol. The highest BCUT2D eigenvalue weighted by molar-refractivity contribution is 5.61. The molecule has 21 heavy (non-hydrogen) atoms. The van der Waals surface area contributed by atoms with Gasteiger partial charge >= 0.3 is 0 Å². The minimum absolute atomic E-state index is 0.712. The van der Waals surface area contributed by atoms with Gasteiger partial charge in [-0.3, -0.25) is 0 Å². The van der Waals surface area contributed by atoms with Crippen LogP contribution < -0.4 is 15.8 Å². The van der Waals surface area contributed by atoms with E-state index in [1.54, 1.807) is 0 Å². The molecule has 0 aliphatic carbocycles. The van der Waals surface area contributed by atoms with Crippen molar-refractivity contribution in [3.63, 3.8) is 0 Å². The molecule has 4 nitrogen and oxygen atoms in total. The van der Waals surface area contributed by atoms with Gasteiger partial charge in [-0.25, -0.2) is 0 Å². The molecular formula is C17H29N3O. The molecule has 0 bridgehead atoms. The lowest BCUT2D eigenvalue weighted by Gasteiger charge is -2.29. The number of benzene rings is 1. The third-order valence-corrected chi connectivity index (χ3v) is 4.20. The summed E-state index contributed by atoms with van der Waals surface area (Å²) in [4.78, 5) is 2.42. The number of hydrogen-bond donors (Lipinski definition) is 2. The number of anilines is 2. The lowest BCUT2D eigenvalue weighted by Crippen LogP contribution is -2.30. The van der Waals surface area contributed by atoms with Crippen molar-refractivity contribution in [3.05, 3.63) is 18.2 Å². The maximum atomic E-state index is 5.93. The molecule has 118 valence electrons. The molecule has 1 aromatic carbocycles. The molecule has 1 aromatic rings. The summed E-state index contributed by atoms with van der Waals surface area (Å²) >= 11 is 0. The molecule has 0 unspecified atom stereocenters. The second kappa shape index (κ2) is 8.13. The molecule has 1 saturated heterocycles. The van der Waals surface area contributed by atoms with Crippen LogP contribution in [0.3, 0.4) is 0 Å². The van der Waals surface area contributed by atoms with Crippen LogP contribution in [0.1, 0.15) is 32.6 Å². The first-order valence-electron chi connectivity index (χ1n) is 8.13. The third-order valence-electron chi connectivity index (χ3n) is 4.20. The first-order valence-corrected chi connectivity index (χ1v) is 8.13. The number of ether oxygens (including phenoxy) is 1. The molecule has 1 aliphatic rings. The Morgan fingerprint density at radius 2 is 2.10 bits per heavy atom. The van der Waals surface area contributed by atoms with Crippen molar-refractivity contribution in [3.8, 4) is 5.75 Å². The highest BCUT2D eigenvalue weighted by Gasteiger charge is 2.15. The SMILES string of the molecule is CCCOc1cc(NCCC2CCN(C)CC2)ccc1N. The molecule has 0 radical (unpaired) electrons. The van der Waals surface area contributed by atoms with Crippen molar-refractivity contribution in [2.24, 2.45) is 5.92 Å². The monoisotopic (exact) mass is 291 g/mol. The Morgan fingerprint density at radius 1 is 1.33 bits per heavy atom. The van der Waals surface area contributed by atoms with Crippen LogP contribution in [0.15, 0.2) is 18.2 Å². The number of rotatable bonds is 7. The van der Waals surface area contributed by atoms with E-state index in [1.165, 1.54) is 32.4 Å². The molecule has 0 atom stereocenters. The van der Waals surface area contributed by atoms with Crippen LogP contribution in [0, 0.1) is 5.92 Å². The minimum Gasteiger partial charge on any atom is -0.491 e. The first kappa shape index (κ1) is 16.0. The Kier molecular flexibility index (Phi) is 6.18. The smallest absolute Gasteiger partial charge is 0.144 e. The zero-order valence-electron chi connectivity index (χ0n) is 13.4. The van der Waals surface area contributed by atoms with Gasteiger partial charge in [-0.05, 0) is 63.9 Å². The topological polar surface area (TPSA) is 50.5 Å². The maximum Gasteiger partial charge on any atom is 0.144 e.